The van der Waals surface area contributed by atoms with Crippen LogP contribution in [0.15, 0.2) is 35.3 Å². The maximum Gasteiger partial charge on any atom is 0.201 e. The normalized spacial score (nSPS) is 34.3. The van der Waals surface area contributed by atoms with Crippen LogP contribution < -0.4 is 30.6 Å². The number of aliphatic imine (C=N–C) groups is 1. The third-order valence-corrected chi connectivity index (χ3v) is 20.9. The third kappa shape index (κ3) is 10.2. The molecule has 9 aliphatic rings. The molecule has 5 aliphatic carbocycles. The highest BCUT2D eigenvalue weighted by molar-refractivity contribution is 8.76. The molecule has 8 N–H and O–H groups in total. The zero-order valence-electron chi connectivity index (χ0n) is 43.1. The number of nitrogens with zero attached hydrogens (tertiary/aromatic N) is 1. The minimum atomic E-state index is -1.24. The van der Waals surface area contributed by atoms with Crippen molar-refractivity contribution in [1.29, 1.82) is 0 Å². The largest absolute Gasteiger partial charge is 0.504 e. The summed E-state index contributed by atoms with van der Waals surface area (Å²) in [6.45, 7) is 4.42. The number of nitrogens with one attached hydrogen (secondary N) is 2. The molecule has 3 fully saturated rings. The van der Waals surface area contributed by atoms with Gasteiger partial charge in [0.15, 0.2) is 29.0 Å². The van der Waals surface area contributed by atoms with Crippen LogP contribution in [0.2, 0.25) is 0 Å². The van der Waals surface area contributed by atoms with Crippen molar-refractivity contribution in [3.05, 3.63) is 58.2 Å². The fourth-order valence-electron chi connectivity index (χ4n) is 14.4. The molecule has 8 bridgehead atoms. The number of fused-ring (bicyclic) bond motifs is 7. The lowest BCUT2D eigenvalue weighted by Gasteiger charge is -2.58. The fraction of sp³-hybridized carbons (Fsp3) is 0.655. The number of nitrogens with two attached hydrogens (primary N) is 1. The van der Waals surface area contributed by atoms with Crippen LogP contribution in [0.1, 0.15) is 119 Å². The van der Waals surface area contributed by atoms with Gasteiger partial charge < -0.3 is 50.4 Å². The zero-order chi connectivity index (χ0) is 51.1. The lowest BCUT2D eigenvalue weighted by molar-refractivity contribution is -0.121. The molecule has 15 heteroatoms. The van der Waals surface area contributed by atoms with Gasteiger partial charge in [0.2, 0.25) is 6.29 Å². The number of hydrogen-bond donors (Lipinski definition) is 7. The monoisotopic (exact) mass is 1040 g/mol. The van der Waals surface area contributed by atoms with Crippen molar-refractivity contribution in [1.82, 2.24) is 10.6 Å². The quantitative estimate of drug-likeness (QED) is 0.0918. The van der Waals surface area contributed by atoms with Gasteiger partial charge in [-0.2, -0.15) is 0 Å². The van der Waals surface area contributed by atoms with E-state index >= 15 is 0 Å². The summed E-state index contributed by atoms with van der Waals surface area (Å²) in [6, 6.07) is 4.96. The van der Waals surface area contributed by atoms with Gasteiger partial charge in [0.05, 0.1) is 49.0 Å². The highest BCUT2D eigenvalue weighted by atomic mass is 33.1. The number of benzene rings is 2. The van der Waals surface area contributed by atoms with Crippen LogP contribution >= 0.6 is 21.6 Å². The number of ketones is 1. The van der Waals surface area contributed by atoms with Gasteiger partial charge in [-0.25, -0.2) is 4.99 Å². The Bertz CT molecular complexity index is 2580. The Balaban J connectivity index is 1.17. The van der Waals surface area contributed by atoms with Crippen molar-refractivity contribution < 1.29 is 44.2 Å². The van der Waals surface area contributed by atoms with Crippen LogP contribution in [-0.4, -0.2) is 107 Å². The smallest absolute Gasteiger partial charge is 0.201 e. The summed E-state index contributed by atoms with van der Waals surface area (Å²) in [5.41, 5.74) is 9.82. The van der Waals surface area contributed by atoms with E-state index < -0.39 is 35.3 Å². The van der Waals surface area contributed by atoms with Crippen molar-refractivity contribution >= 4 is 33.3 Å². The number of hydrogen-bond acceptors (Lipinski definition) is 15. The maximum atomic E-state index is 13.4. The minimum absolute atomic E-state index is 0.00514. The molecule has 2 aromatic carbocycles. The molecule has 0 aromatic heterocycles. The molecular formula is C58H76N4O9S2. The van der Waals surface area contributed by atoms with Crippen molar-refractivity contribution in [3.63, 3.8) is 0 Å². The van der Waals surface area contributed by atoms with Gasteiger partial charge in [0, 0.05) is 66.4 Å². The van der Waals surface area contributed by atoms with Crippen LogP contribution in [0.25, 0.3) is 0 Å². The van der Waals surface area contributed by atoms with Gasteiger partial charge in [-0.1, -0.05) is 96.2 Å². The van der Waals surface area contributed by atoms with Crippen LogP contribution in [0.4, 0.5) is 0 Å². The molecule has 73 heavy (non-hydrogen) atoms. The van der Waals surface area contributed by atoms with Gasteiger partial charge in [0.25, 0.3) is 0 Å². The van der Waals surface area contributed by atoms with Crippen molar-refractivity contribution in [2.75, 3.05) is 39.1 Å². The Morgan fingerprint density at radius 3 is 2.60 bits per heavy atom. The van der Waals surface area contributed by atoms with Gasteiger partial charge in [-0.15, -0.1) is 0 Å². The molecule has 394 valence electrons. The summed E-state index contributed by atoms with van der Waals surface area (Å²) < 4.78 is 25.9. The Morgan fingerprint density at radius 2 is 1.82 bits per heavy atom. The number of aryl methyl sites for hydroxylation is 2. The SMILES string of the molecule is COc1c(O)ccc2c1C#CCc1cc(c3c4c1OCN[C@@]15CC6(CCCC6)CC[C@@H]1C[C@@H]([C@@H](CO)OC)[C@H]1C=C[C@]5(C#C[C@@H]5NC(N)=N[C@@H](C(C)C)CSSC[C@@H]5[C@H](C3)[C@H](O)O4)C1)CC[C@@H](O)CC(=O)CC2. The molecule has 0 saturated heterocycles. The van der Waals surface area contributed by atoms with E-state index in [-0.39, 0.29) is 97.0 Å². The molecule has 4 aliphatic heterocycles. The van der Waals surface area contributed by atoms with E-state index in [1.54, 1.807) is 40.8 Å². The zero-order valence-corrected chi connectivity index (χ0v) is 44.7. The summed E-state index contributed by atoms with van der Waals surface area (Å²) >= 11 is 0. The number of rotatable bonds is 5. The Hall–Kier alpha value is -4.06. The molecule has 0 amide bonds. The van der Waals surface area contributed by atoms with Crippen molar-refractivity contribution in [2.24, 2.45) is 57.1 Å². The minimum Gasteiger partial charge on any atom is -0.504 e. The number of aliphatic hydroxyl groups is 3. The van der Waals surface area contributed by atoms with Crippen molar-refractivity contribution in [3.8, 4) is 46.7 Å². The lowest BCUT2D eigenvalue weighted by atomic mass is 9.51. The number of ether oxygens (including phenoxy) is 4. The first-order chi connectivity index (χ1) is 35.3. The first-order valence-electron chi connectivity index (χ1n) is 27.0. The number of carbonyl (C=O) groups excluding carboxylic acids is 1. The van der Waals surface area contributed by atoms with E-state index in [4.69, 9.17) is 29.7 Å². The fourth-order valence-corrected chi connectivity index (χ4v) is 17.3. The van der Waals surface area contributed by atoms with Gasteiger partial charge in [-0.3, -0.25) is 10.1 Å². The standard InChI is InChI=1S/C58H76N4O9S2/c1-34(2)48-31-73-72-30-46-45-27-44-36-11-14-41(65)26-40(64)13-10-35-12-15-49(66)52(69-4)42(35)9-7-8-37(24-36)51(53(44)71-54(45)67)70-33-60-58-32-56(19-5-6-20-56)21-17-39(58)25-43(50(29-63)68-3)38-16-22-57(58,28-38)23-18-47(46)61-55(59)62-48/h12,15-16,22,24,34,38-39,41,43,45-48,50,54,60,63,65-67H,5-6,8,10-11,13-14,17,19-21,25-33H2,1-4H3,(H3,59,61,62)/t38-,39+,41+,43+,45-,46+,47-,48+,50+,54+,57-,58-/m0/s1. The number of Topliss-reactive ketones (excluding diaryl/α,β-unsaturated/α-hetero) is 1. The van der Waals surface area contributed by atoms with Gasteiger partial charge in [0.1, 0.15) is 12.5 Å². The summed E-state index contributed by atoms with van der Waals surface area (Å²) in [7, 11) is 6.78. The second-order valence-corrected chi connectivity index (χ2v) is 25.4. The van der Waals surface area contributed by atoms with Crippen molar-refractivity contribution in [2.45, 2.75) is 153 Å². The second kappa shape index (κ2) is 21.9. The molecule has 3 spiro atoms. The number of methoxy groups -OCH3 is 2. The number of phenols is 1. The van der Waals surface area contributed by atoms with Crippen LogP contribution in [-0.2, 0) is 35.2 Å². The van der Waals surface area contributed by atoms with Gasteiger partial charge in [-0.05, 0) is 117 Å². The van der Waals surface area contributed by atoms with Crippen LogP contribution in [0.3, 0.4) is 0 Å². The number of allylic oxidation sites excluding steroid dienone is 1. The second-order valence-electron chi connectivity index (χ2n) is 22.8. The molecule has 11 rings (SSSR count). The average Bonchev–Trinajstić information content (AvgIpc) is 4.00. The number of phenolic OH excluding ortho intramolecular Hbond substituents is 1. The van der Waals surface area contributed by atoms with Crippen LogP contribution in [0.5, 0.6) is 23.0 Å². The predicted molar refractivity (Wildman–Crippen MR) is 286 cm³/mol. The molecule has 2 aromatic rings. The molecular weight excluding hydrogens is 961 g/mol. The molecule has 3 saturated carbocycles. The first-order valence-corrected chi connectivity index (χ1v) is 29.4. The molecule has 0 radical (unpaired) electrons. The number of carbonyl (C=O) groups is 1. The Kier molecular flexibility index (Phi) is 15.7. The van der Waals surface area contributed by atoms with Gasteiger partial charge >= 0.3 is 0 Å². The van der Waals surface area contributed by atoms with E-state index in [1.807, 2.05) is 0 Å². The number of aliphatic hydroxyl groups excluding tert-OH is 3. The molecule has 12 atom stereocenters. The predicted octanol–water partition coefficient (Wildman–Crippen LogP) is 7.00. The molecule has 13 nitrogen and oxygen atoms in total. The summed E-state index contributed by atoms with van der Waals surface area (Å²) in [6.07, 6.45) is 13.9. The summed E-state index contributed by atoms with van der Waals surface area (Å²) in [5.74, 6) is 17.6. The highest BCUT2D eigenvalue weighted by Crippen LogP contribution is 2.65. The average molecular weight is 1040 g/mol. The summed E-state index contributed by atoms with van der Waals surface area (Å²) in [5, 5.41) is 53.6. The number of aromatic hydroxyl groups is 1. The van der Waals surface area contributed by atoms with E-state index in [9.17, 15) is 25.2 Å². The van der Waals surface area contributed by atoms with Crippen LogP contribution in [0, 0.1) is 70.0 Å². The van der Waals surface area contributed by atoms with E-state index in [2.05, 4.69) is 66.4 Å². The summed E-state index contributed by atoms with van der Waals surface area (Å²) in [4.78, 5) is 18.5. The Morgan fingerprint density at radius 1 is 1.00 bits per heavy atom. The third-order valence-electron chi connectivity index (χ3n) is 18.4. The van der Waals surface area contributed by atoms with E-state index in [1.165, 1.54) is 32.8 Å². The highest BCUT2D eigenvalue weighted by Gasteiger charge is 2.64. The van der Waals surface area contributed by atoms with E-state index in [0.717, 1.165) is 60.1 Å². The topological polar surface area (TPSA) is 197 Å². The maximum absolute atomic E-state index is 13.4. The lowest BCUT2D eigenvalue weighted by Crippen LogP contribution is -2.65. The number of guanidine groups is 1. The molecule has 0 unspecified atom stereocenters. The first kappa shape index (κ1) is 52.4. The van der Waals surface area contributed by atoms with E-state index in [0.29, 0.717) is 54.5 Å². The Labute approximate surface area is 439 Å². The molecule has 4 heterocycles.